The fraction of sp³-hybridized carbons (Fsp3) is 0.688. The lowest BCUT2D eigenvalue weighted by Crippen LogP contribution is -2.63. The minimum Gasteiger partial charge on any atom is -0.550 e. The van der Waals surface area contributed by atoms with E-state index in [4.69, 9.17) is 0 Å². The van der Waals surface area contributed by atoms with Crippen LogP contribution in [0, 0.1) is 5.92 Å². The molecule has 12 heteroatoms. The quantitative estimate of drug-likeness (QED) is 0.211. The van der Waals surface area contributed by atoms with Crippen LogP contribution >= 0.6 is 0 Å². The number of carboxylic acid groups (broad SMARTS) is 2. The highest BCUT2D eigenvalue weighted by Crippen LogP contribution is 2.05. The Labute approximate surface area is 161 Å². The molecule has 0 bridgehead atoms. The summed E-state index contributed by atoms with van der Waals surface area (Å²) >= 11 is 0. The molecule has 0 heterocycles. The molecule has 0 aliphatic carbocycles. The van der Waals surface area contributed by atoms with Crippen LogP contribution in [0.5, 0.6) is 0 Å². The van der Waals surface area contributed by atoms with E-state index >= 15 is 0 Å². The molecule has 0 fully saturated rings. The van der Waals surface area contributed by atoms with Crippen molar-refractivity contribution in [1.29, 1.82) is 0 Å². The zero-order valence-corrected chi connectivity index (χ0v) is 16.0. The number of aliphatic hydroxyl groups is 1. The smallest absolute Gasteiger partial charge is 0.275 e. The van der Waals surface area contributed by atoms with E-state index in [-0.39, 0.29) is 6.54 Å². The number of aliphatic carboxylic acids is 2. The van der Waals surface area contributed by atoms with E-state index in [1.807, 2.05) is 0 Å². The lowest BCUT2D eigenvalue weighted by molar-refractivity contribution is -0.355. The molecule has 0 aliphatic heterocycles. The van der Waals surface area contributed by atoms with Crippen LogP contribution < -0.4 is 31.9 Å². The van der Waals surface area contributed by atoms with Gasteiger partial charge in [-0.1, -0.05) is 13.8 Å². The molecule has 4 atom stereocenters. The summed E-state index contributed by atoms with van der Waals surface area (Å²) < 4.78 is 0. The van der Waals surface area contributed by atoms with Crippen molar-refractivity contribution < 1.29 is 45.0 Å². The molecule has 0 spiro atoms. The van der Waals surface area contributed by atoms with Gasteiger partial charge in [0.1, 0.15) is 12.1 Å². The van der Waals surface area contributed by atoms with Crippen molar-refractivity contribution in [3.63, 3.8) is 0 Å². The molecule has 160 valence electrons. The Hall–Kier alpha value is -2.73. The van der Waals surface area contributed by atoms with Crippen LogP contribution in [0.2, 0.25) is 0 Å². The Kier molecular flexibility index (Phi) is 10.7. The third kappa shape index (κ3) is 8.77. The van der Waals surface area contributed by atoms with Gasteiger partial charge in [0.2, 0.25) is 11.8 Å². The van der Waals surface area contributed by atoms with E-state index in [0.717, 1.165) is 0 Å². The van der Waals surface area contributed by atoms with Crippen molar-refractivity contribution in [3.05, 3.63) is 0 Å². The van der Waals surface area contributed by atoms with Gasteiger partial charge in [-0.05, 0) is 25.7 Å². The fourth-order valence-electron chi connectivity index (χ4n) is 2.19. The summed E-state index contributed by atoms with van der Waals surface area (Å²) in [6.45, 7) is 4.07. The molecule has 0 unspecified atom stereocenters. The molecular weight excluding hydrogens is 376 g/mol. The highest BCUT2D eigenvalue weighted by atomic mass is 16.4. The van der Waals surface area contributed by atoms with E-state index < -0.39 is 72.6 Å². The maximum Gasteiger partial charge on any atom is 0.275 e. The number of aliphatic hydroxyl groups excluding tert-OH is 1. The van der Waals surface area contributed by atoms with E-state index in [1.165, 1.54) is 20.8 Å². The molecule has 0 saturated carbocycles. The van der Waals surface area contributed by atoms with Gasteiger partial charge in [0, 0.05) is 5.97 Å². The molecule has 0 saturated heterocycles. The Morgan fingerprint density at radius 3 is 1.89 bits per heavy atom. The minimum atomic E-state index is -1.54. The molecule has 0 radical (unpaired) electrons. The number of hydrogen-bond acceptors (Lipinski definition) is 8. The van der Waals surface area contributed by atoms with E-state index in [0.29, 0.717) is 0 Å². The summed E-state index contributed by atoms with van der Waals surface area (Å²) in [5.41, 5.74) is 3.34. The number of rotatable bonds is 12. The van der Waals surface area contributed by atoms with E-state index in [1.54, 1.807) is 0 Å². The summed E-state index contributed by atoms with van der Waals surface area (Å²) in [4.78, 5) is 58.1. The first-order valence-electron chi connectivity index (χ1n) is 8.68. The molecule has 12 nitrogen and oxygen atoms in total. The summed E-state index contributed by atoms with van der Waals surface area (Å²) in [7, 11) is 0. The molecule has 0 aliphatic rings. The second kappa shape index (κ2) is 11.9. The van der Waals surface area contributed by atoms with Gasteiger partial charge in [0.05, 0.1) is 18.1 Å². The zero-order chi connectivity index (χ0) is 22.0. The average molecular weight is 403 g/mol. The molecule has 7 N–H and O–H groups in total. The predicted octanol–water partition coefficient (Wildman–Crippen LogP) is -6.00. The van der Waals surface area contributed by atoms with Crippen molar-refractivity contribution in [3.8, 4) is 0 Å². The number of carbonyl (C=O) groups excluding carboxylic acids is 5. The number of hydrogen-bond donors (Lipinski definition) is 5. The topological polar surface area (TPSA) is 215 Å². The van der Waals surface area contributed by atoms with Gasteiger partial charge in [-0.3, -0.25) is 14.4 Å². The minimum absolute atomic E-state index is 0.202. The van der Waals surface area contributed by atoms with Crippen molar-refractivity contribution in [1.82, 2.24) is 16.0 Å². The van der Waals surface area contributed by atoms with Gasteiger partial charge in [0.15, 0.2) is 6.54 Å². The summed E-state index contributed by atoms with van der Waals surface area (Å²) in [6.07, 6.45) is -2.32. The number of quaternary nitrogens is 1. The average Bonchev–Trinajstić information content (AvgIpc) is 2.59. The third-order valence-corrected chi connectivity index (χ3v) is 3.80. The Bertz CT molecular complexity index is 593. The number of nitrogens with one attached hydrogen (secondary N) is 3. The molecule has 0 aromatic rings. The molecule has 28 heavy (non-hydrogen) atoms. The molecular formula is C16H27N4O8-. The Balaban J connectivity index is 5.38. The third-order valence-electron chi connectivity index (χ3n) is 3.80. The molecule has 3 amide bonds. The lowest BCUT2D eigenvalue weighted by Gasteiger charge is -2.28. The number of carbonyl (C=O) groups is 5. The Morgan fingerprint density at radius 2 is 1.50 bits per heavy atom. The second-order valence-corrected chi connectivity index (χ2v) is 6.56. The highest BCUT2D eigenvalue weighted by Gasteiger charge is 2.31. The van der Waals surface area contributed by atoms with Crippen LogP contribution in [-0.2, 0) is 24.0 Å². The standard InChI is InChI=1S/C16H28N4O8/c1-7(2)12(16(27)28)20-14(25)9(4-5-11(23)24)18-15(26)13(8(3)21)19-10(22)6-17/h7-9,12-13,21H,4-6,17H2,1-3H3,(H,18,26)(H,19,22)(H,20,25)(H,23,24)(H,27,28)/p-1/t8-,9+,12+,13+/m1/s1. The van der Waals surface area contributed by atoms with Gasteiger partial charge in [-0.2, -0.15) is 0 Å². The summed E-state index contributed by atoms with van der Waals surface area (Å²) in [5, 5.41) is 38.2. The van der Waals surface area contributed by atoms with Crippen molar-refractivity contribution >= 4 is 29.7 Å². The molecule has 0 rings (SSSR count). The van der Waals surface area contributed by atoms with Gasteiger partial charge < -0.3 is 46.6 Å². The van der Waals surface area contributed by atoms with Gasteiger partial charge in [-0.25, -0.2) is 0 Å². The van der Waals surface area contributed by atoms with Crippen LogP contribution in [0.15, 0.2) is 0 Å². The van der Waals surface area contributed by atoms with Crippen molar-refractivity contribution in [2.24, 2.45) is 5.92 Å². The Morgan fingerprint density at radius 1 is 0.929 bits per heavy atom. The van der Waals surface area contributed by atoms with E-state index in [9.17, 15) is 39.3 Å². The highest BCUT2D eigenvalue weighted by molar-refractivity contribution is 5.93. The molecule has 0 aromatic carbocycles. The lowest BCUT2D eigenvalue weighted by atomic mass is 10.0. The summed E-state index contributed by atoms with van der Waals surface area (Å²) in [5.74, 6) is -6.10. The fourth-order valence-corrected chi connectivity index (χ4v) is 2.19. The maximum atomic E-state index is 12.4. The maximum absolute atomic E-state index is 12.4. The first-order chi connectivity index (χ1) is 12.9. The van der Waals surface area contributed by atoms with Crippen LogP contribution in [-0.4, -0.2) is 65.5 Å². The number of carboxylic acids is 2. The predicted molar refractivity (Wildman–Crippen MR) is 89.3 cm³/mol. The normalized spacial score (nSPS) is 15.1. The van der Waals surface area contributed by atoms with Crippen molar-refractivity contribution in [2.45, 2.75) is 57.8 Å². The van der Waals surface area contributed by atoms with E-state index in [2.05, 4.69) is 21.7 Å². The SMILES string of the molecule is CC(C)[C@H](NC(=O)[C@H](CCC(=O)[O-])NC(=O)[C@@H](NC(=O)C[NH3+])[C@@H](C)O)C(=O)[O-]. The first kappa shape index (κ1) is 25.3. The molecule has 0 aromatic heterocycles. The van der Waals surface area contributed by atoms with Gasteiger partial charge >= 0.3 is 0 Å². The first-order valence-corrected chi connectivity index (χ1v) is 8.68. The van der Waals surface area contributed by atoms with Gasteiger partial charge in [-0.15, -0.1) is 0 Å². The second-order valence-electron chi connectivity index (χ2n) is 6.56. The summed E-state index contributed by atoms with van der Waals surface area (Å²) in [6, 6.07) is -4.23. The number of amides is 3. The van der Waals surface area contributed by atoms with Gasteiger partial charge in [0.25, 0.3) is 5.91 Å². The van der Waals surface area contributed by atoms with Crippen LogP contribution in [0.4, 0.5) is 0 Å². The largest absolute Gasteiger partial charge is 0.550 e. The van der Waals surface area contributed by atoms with Crippen LogP contribution in [0.1, 0.15) is 33.6 Å². The van der Waals surface area contributed by atoms with Crippen LogP contribution in [0.25, 0.3) is 0 Å². The van der Waals surface area contributed by atoms with Crippen LogP contribution in [0.3, 0.4) is 0 Å². The van der Waals surface area contributed by atoms with Crippen molar-refractivity contribution in [2.75, 3.05) is 6.54 Å². The monoisotopic (exact) mass is 403 g/mol. The zero-order valence-electron chi connectivity index (χ0n) is 16.0.